The van der Waals surface area contributed by atoms with Crippen molar-refractivity contribution in [3.63, 3.8) is 0 Å². The first-order valence-electron chi connectivity index (χ1n) is 7.63. The number of carbonyl (C=O) groups is 2. The lowest BCUT2D eigenvalue weighted by Gasteiger charge is -2.20. The monoisotopic (exact) mass is 383 g/mol. The van der Waals surface area contributed by atoms with Crippen LogP contribution in [0.3, 0.4) is 0 Å². The van der Waals surface area contributed by atoms with E-state index >= 15 is 0 Å². The van der Waals surface area contributed by atoms with E-state index in [4.69, 9.17) is 16.3 Å². The number of aliphatic hydroxyl groups excluding tert-OH is 1. The van der Waals surface area contributed by atoms with Gasteiger partial charge in [0.2, 0.25) is 0 Å². The van der Waals surface area contributed by atoms with Crippen LogP contribution in [-0.2, 0) is 16.1 Å². The highest BCUT2D eigenvalue weighted by Gasteiger charge is 2.28. The van der Waals surface area contributed by atoms with Crippen molar-refractivity contribution in [3.8, 4) is 0 Å². The Morgan fingerprint density at radius 2 is 1.96 bits per heavy atom. The minimum atomic E-state index is -1.44. The highest BCUT2D eigenvalue weighted by molar-refractivity contribution is 6.31. The average molecular weight is 384 g/mol. The summed E-state index contributed by atoms with van der Waals surface area (Å²) in [5.41, 5.74) is 0.0241. The minimum Gasteiger partial charge on any atom is -0.459 e. The van der Waals surface area contributed by atoms with Crippen molar-refractivity contribution >= 4 is 23.5 Å². The number of hydrogen-bond donors (Lipinski definition) is 2. The SMILES string of the molecule is C[C@H](O)[C@@H](NC(=O)c1cc(Cl)ccc1F)C(=O)OCc1cccc(F)c1. The van der Waals surface area contributed by atoms with E-state index < -0.39 is 35.7 Å². The zero-order valence-electron chi connectivity index (χ0n) is 13.7. The second kappa shape index (κ2) is 8.73. The molecule has 0 bridgehead atoms. The minimum absolute atomic E-state index is 0.138. The molecule has 2 rings (SSSR count). The Hall–Kier alpha value is -2.51. The largest absolute Gasteiger partial charge is 0.459 e. The van der Waals surface area contributed by atoms with E-state index in [1.165, 1.54) is 31.2 Å². The Bertz CT molecular complexity index is 814. The van der Waals surface area contributed by atoms with Crippen LogP contribution in [0, 0.1) is 11.6 Å². The van der Waals surface area contributed by atoms with Crippen molar-refractivity contribution in [2.45, 2.75) is 25.7 Å². The average Bonchev–Trinajstić information content (AvgIpc) is 2.59. The van der Waals surface area contributed by atoms with Gasteiger partial charge in [0.1, 0.15) is 18.2 Å². The molecule has 0 aromatic heterocycles. The Morgan fingerprint density at radius 3 is 2.62 bits per heavy atom. The van der Waals surface area contributed by atoms with E-state index in [-0.39, 0.29) is 17.2 Å². The topological polar surface area (TPSA) is 75.6 Å². The summed E-state index contributed by atoms with van der Waals surface area (Å²) in [6, 6.07) is 7.37. The van der Waals surface area contributed by atoms with Crippen LogP contribution in [-0.4, -0.2) is 29.1 Å². The number of aliphatic hydroxyl groups is 1. The van der Waals surface area contributed by atoms with Gasteiger partial charge in [-0.05, 0) is 42.8 Å². The first kappa shape index (κ1) is 19.8. The fraction of sp³-hybridized carbons (Fsp3) is 0.222. The molecule has 0 unspecified atom stereocenters. The number of rotatable bonds is 6. The van der Waals surface area contributed by atoms with E-state index in [0.717, 1.165) is 12.1 Å². The quantitative estimate of drug-likeness (QED) is 0.752. The van der Waals surface area contributed by atoms with Gasteiger partial charge in [-0.15, -0.1) is 0 Å². The summed E-state index contributed by atoms with van der Waals surface area (Å²) in [7, 11) is 0. The first-order chi connectivity index (χ1) is 12.3. The molecule has 0 saturated carbocycles. The van der Waals surface area contributed by atoms with Gasteiger partial charge in [0.15, 0.2) is 6.04 Å². The number of amides is 1. The molecule has 0 aliphatic rings. The van der Waals surface area contributed by atoms with Gasteiger partial charge in [0, 0.05) is 5.02 Å². The normalized spacial score (nSPS) is 13.0. The van der Waals surface area contributed by atoms with Crippen LogP contribution < -0.4 is 5.32 Å². The molecule has 26 heavy (non-hydrogen) atoms. The number of carbonyl (C=O) groups excluding carboxylic acids is 2. The maximum atomic E-state index is 13.7. The Labute approximate surface area is 153 Å². The van der Waals surface area contributed by atoms with E-state index in [9.17, 15) is 23.5 Å². The zero-order chi connectivity index (χ0) is 19.3. The Morgan fingerprint density at radius 1 is 1.23 bits per heavy atom. The first-order valence-corrected chi connectivity index (χ1v) is 8.01. The lowest BCUT2D eigenvalue weighted by Crippen LogP contribution is -2.48. The maximum Gasteiger partial charge on any atom is 0.331 e. The molecule has 2 aromatic carbocycles. The lowest BCUT2D eigenvalue weighted by atomic mass is 10.1. The Balaban J connectivity index is 2.06. The highest BCUT2D eigenvalue weighted by Crippen LogP contribution is 2.15. The number of hydrogen-bond acceptors (Lipinski definition) is 4. The molecule has 138 valence electrons. The molecule has 0 aliphatic heterocycles. The third-order valence-electron chi connectivity index (χ3n) is 3.47. The van der Waals surface area contributed by atoms with E-state index in [2.05, 4.69) is 5.32 Å². The highest BCUT2D eigenvalue weighted by atomic mass is 35.5. The van der Waals surface area contributed by atoms with Crippen molar-refractivity contribution in [3.05, 3.63) is 70.2 Å². The molecular weight excluding hydrogens is 368 g/mol. The van der Waals surface area contributed by atoms with Crippen LogP contribution in [0.1, 0.15) is 22.8 Å². The number of esters is 1. The van der Waals surface area contributed by atoms with Gasteiger partial charge in [-0.1, -0.05) is 23.7 Å². The van der Waals surface area contributed by atoms with Gasteiger partial charge < -0.3 is 15.2 Å². The predicted molar refractivity (Wildman–Crippen MR) is 90.5 cm³/mol. The summed E-state index contributed by atoms with van der Waals surface area (Å²) >= 11 is 5.73. The van der Waals surface area contributed by atoms with Crippen LogP contribution in [0.15, 0.2) is 42.5 Å². The van der Waals surface area contributed by atoms with Gasteiger partial charge in [0.05, 0.1) is 11.7 Å². The molecule has 1 amide bonds. The van der Waals surface area contributed by atoms with Crippen molar-refractivity contribution in [2.24, 2.45) is 0 Å². The van der Waals surface area contributed by atoms with Crippen molar-refractivity contribution in [1.29, 1.82) is 0 Å². The van der Waals surface area contributed by atoms with Gasteiger partial charge in [-0.25, -0.2) is 13.6 Å². The standard InChI is InChI=1S/C18H16ClF2NO4/c1-10(23)16(18(25)26-9-11-3-2-4-13(20)7-11)22-17(24)14-8-12(19)5-6-15(14)21/h2-8,10,16,23H,9H2,1H3,(H,22,24)/t10-,16+/m0/s1. The van der Waals surface area contributed by atoms with E-state index in [1.807, 2.05) is 0 Å². The molecule has 0 saturated heterocycles. The van der Waals surface area contributed by atoms with E-state index in [1.54, 1.807) is 6.07 Å². The molecule has 0 spiro atoms. The zero-order valence-corrected chi connectivity index (χ0v) is 14.5. The summed E-state index contributed by atoms with van der Waals surface area (Å²) < 4.78 is 31.9. The molecule has 0 heterocycles. The summed E-state index contributed by atoms with van der Waals surface area (Å²) in [6.45, 7) is 1.02. The van der Waals surface area contributed by atoms with Crippen LogP contribution >= 0.6 is 11.6 Å². The van der Waals surface area contributed by atoms with Gasteiger partial charge in [-0.2, -0.15) is 0 Å². The van der Waals surface area contributed by atoms with Gasteiger partial charge >= 0.3 is 5.97 Å². The molecule has 0 fully saturated rings. The number of benzene rings is 2. The third-order valence-corrected chi connectivity index (χ3v) is 3.70. The van der Waals surface area contributed by atoms with Crippen molar-refractivity contribution < 1.29 is 28.2 Å². The Kier molecular flexibility index (Phi) is 6.65. The molecule has 0 radical (unpaired) electrons. The summed E-state index contributed by atoms with van der Waals surface area (Å²) in [6.07, 6.45) is -1.30. The molecule has 8 heteroatoms. The summed E-state index contributed by atoms with van der Waals surface area (Å²) in [5.74, 6) is -3.20. The number of halogens is 3. The van der Waals surface area contributed by atoms with Gasteiger partial charge in [0.25, 0.3) is 5.91 Å². The summed E-state index contributed by atoms with van der Waals surface area (Å²) in [5, 5.41) is 12.1. The van der Waals surface area contributed by atoms with Crippen molar-refractivity contribution in [1.82, 2.24) is 5.32 Å². The molecule has 2 aromatic rings. The number of ether oxygens (including phenoxy) is 1. The molecular formula is C18H16ClF2NO4. The predicted octanol–water partition coefficient (Wildman–Crippen LogP) is 2.84. The second-order valence-corrected chi connectivity index (χ2v) is 5.99. The smallest absolute Gasteiger partial charge is 0.331 e. The van der Waals surface area contributed by atoms with Crippen LogP contribution in [0.2, 0.25) is 5.02 Å². The molecule has 0 aliphatic carbocycles. The molecule has 5 nitrogen and oxygen atoms in total. The lowest BCUT2D eigenvalue weighted by molar-refractivity contribution is -0.150. The van der Waals surface area contributed by atoms with Crippen LogP contribution in [0.25, 0.3) is 0 Å². The second-order valence-electron chi connectivity index (χ2n) is 5.55. The fourth-order valence-corrected chi connectivity index (χ4v) is 2.31. The maximum absolute atomic E-state index is 13.7. The third kappa shape index (κ3) is 5.24. The van der Waals surface area contributed by atoms with Gasteiger partial charge in [-0.3, -0.25) is 4.79 Å². The van der Waals surface area contributed by atoms with Crippen LogP contribution in [0.5, 0.6) is 0 Å². The number of nitrogens with one attached hydrogen (secondary N) is 1. The van der Waals surface area contributed by atoms with E-state index in [0.29, 0.717) is 5.56 Å². The fourth-order valence-electron chi connectivity index (χ4n) is 2.14. The summed E-state index contributed by atoms with van der Waals surface area (Å²) in [4.78, 5) is 24.3. The molecule has 2 atom stereocenters. The molecule has 2 N–H and O–H groups in total. The van der Waals surface area contributed by atoms with Crippen molar-refractivity contribution in [2.75, 3.05) is 0 Å². The van der Waals surface area contributed by atoms with Crippen LogP contribution in [0.4, 0.5) is 8.78 Å².